The van der Waals surface area contributed by atoms with E-state index in [0.717, 1.165) is 55.5 Å². The summed E-state index contributed by atoms with van der Waals surface area (Å²) in [6.07, 6.45) is 0.0472. The number of morpholine rings is 1. The summed E-state index contributed by atoms with van der Waals surface area (Å²) in [6.45, 7) is 3.81. The Labute approximate surface area is 199 Å². The van der Waals surface area contributed by atoms with Gasteiger partial charge >= 0.3 is 6.18 Å². The van der Waals surface area contributed by atoms with E-state index in [1.54, 1.807) is 0 Å². The lowest BCUT2D eigenvalue weighted by atomic mass is 9.99. The second-order valence-electron chi connectivity index (χ2n) is 8.87. The SMILES string of the molecule is CC(Cc1ccc(OCCCCCCO)cc1)N1CCOC(O)(c2cccc(C(F)(F)F)c2)C1. The van der Waals surface area contributed by atoms with E-state index >= 15 is 0 Å². The van der Waals surface area contributed by atoms with Crippen LogP contribution in [0.15, 0.2) is 48.5 Å². The predicted octanol–water partition coefficient (Wildman–Crippen LogP) is 4.75. The molecule has 2 unspecified atom stereocenters. The van der Waals surface area contributed by atoms with Gasteiger partial charge in [-0.2, -0.15) is 13.2 Å². The molecule has 5 nitrogen and oxygen atoms in total. The number of aliphatic hydroxyl groups is 2. The number of benzene rings is 2. The Hall–Kier alpha value is -2.13. The van der Waals surface area contributed by atoms with Crippen molar-refractivity contribution in [2.75, 3.05) is 32.9 Å². The topological polar surface area (TPSA) is 62.2 Å². The summed E-state index contributed by atoms with van der Waals surface area (Å²) in [7, 11) is 0. The first-order valence-electron chi connectivity index (χ1n) is 11.8. The molecule has 34 heavy (non-hydrogen) atoms. The zero-order chi connectivity index (χ0) is 24.6. The first kappa shape index (κ1) is 26.5. The fraction of sp³-hybridized carbons (Fsp3) is 0.538. The van der Waals surface area contributed by atoms with Crippen molar-refractivity contribution in [2.45, 2.75) is 57.0 Å². The second-order valence-corrected chi connectivity index (χ2v) is 8.87. The smallest absolute Gasteiger partial charge is 0.416 e. The number of ether oxygens (including phenoxy) is 2. The molecule has 1 aliphatic heterocycles. The van der Waals surface area contributed by atoms with Gasteiger partial charge in [0.25, 0.3) is 0 Å². The molecule has 8 heteroatoms. The average Bonchev–Trinajstić information content (AvgIpc) is 2.82. The molecule has 1 aliphatic rings. The number of aliphatic hydroxyl groups excluding tert-OH is 1. The minimum Gasteiger partial charge on any atom is -0.494 e. The van der Waals surface area contributed by atoms with Gasteiger partial charge in [0, 0.05) is 24.8 Å². The van der Waals surface area contributed by atoms with E-state index in [1.165, 1.54) is 12.1 Å². The van der Waals surface area contributed by atoms with Crippen LogP contribution in [0.2, 0.25) is 0 Å². The van der Waals surface area contributed by atoms with Gasteiger partial charge in [-0.3, -0.25) is 4.90 Å². The Bertz CT molecular complexity index is 890. The van der Waals surface area contributed by atoms with E-state index in [0.29, 0.717) is 13.2 Å². The van der Waals surface area contributed by atoms with E-state index in [9.17, 15) is 18.3 Å². The number of rotatable bonds is 11. The molecule has 0 saturated carbocycles. The quantitative estimate of drug-likeness (QED) is 0.454. The van der Waals surface area contributed by atoms with Crippen LogP contribution < -0.4 is 4.74 Å². The van der Waals surface area contributed by atoms with Crippen LogP contribution in [-0.2, 0) is 23.1 Å². The molecule has 2 aromatic carbocycles. The monoisotopic (exact) mass is 481 g/mol. The Kier molecular flexibility index (Phi) is 9.36. The molecule has 0 amide bonds. The molecular weight excluding hydrogens is 447 g/mol. The first-order chi connectivity index (χ1) is 16.2. The highest BCUT2D eigenvalue weighted by atomic mass is 19.4. The maximum atomic E-state index is 13.1. The molecule has 0 radical (unpaired) electrons. The molecule has 1 saturated heterocycles. The van der Waals surface area contributed by atoms with Gasteiger partial charge < -0.3 is 19.7 Å². The molecule has 1 fully saturated rings. The van der Waals surface area contributed by atoms with Crippen LogP contribution in [0.5, 0.6) is 5.75 Å². The van der Waals surface area contributed by atoms with Gasteiger partial charge in [0.1, 0.15) is 5.75 Å². The molecule has 2 aromatic rings. The second kappa shape index (κ2) is 12.0. The van der Waals surface area contributed by atoms with Crippen molar-refractivity contribution >= 4 is 0 Å². The van der Waals surface area contributed by atoms with Crippen molar-refractivity contribution in [3.63, 3.8) is 0 Å². The molecule has 2 atom stereocenters. The summed E-state index contributed by atoms with van der Waals surface area (Å²) >= 11 is 0. The van der Waals surface area contributed by atoms with Crippen LogP contribution in [0.4, 0.5) is 13.2 Å². The number of nitrogens with zero attached hydrogens (tertiary/aromatic N) is 1. The fourth-order valence-electron chi connectivity index (χ4n) is 4.17. The van der Waals surface area contributed by atoms with E-state index in [1.807, 2.05) is 36.1 Å². The van der Waals surface area contributed by atoms with Crippen LogP contribution in [-0.4, -0.2) is 54.1 Å². The number of halogens is 3. The third-order valence-electron chi connectivity index (χ3n) is 6.18. The predicted molar refractivity (Wildman–Crippen MR) is 124 cm³/mol. The maximum absolute atomic E-state index is 13.1. The summed E-state index contributed by atoms with van der Waals surface area (Å²) in [5.41, 5.74) is 0.411. The molecule has 2 N–H and O–H groups in total. The van der Waals surface area contributed by atoms with Gasteiger partial charge in [-0.05, 0) is 62.4 Å². The van der Waals surface area contributed by atoms with Crippen LogP contribution in [0.3, 0.4) is 0 Å². The van der Waals surface area contributed by atoms with E-state index in [4.69, 9.17) is 14.6 Å². The van der Waals surface area contributed by atoms with Crippen LogP contribution in [0, 0.1) is 0 Å². The van der Waals surface area contributed by atoms with Gasteiger partial charge in [-0.25, -0.2) is 0 Å². The molecule has 1 heterocycles. The fourth-order valence-corrected chi connectivity index (χ4v) is 4.17. The maximum Gasteiger partial charge on any atom is 0.416 e. The number of unbranched alkanes of at least 4 members (excludes halogenated alkanes) is 3. The summed E-state index contributed by atoms with van der Waals surface area (Å²) in [6, 6.07) is 12.7. The third-order valence-corrected chi connectivity index (χ3v) is 6.18. The van der Waals surface area contributed by atoms with Crippen molar-refractivity contribution in [3.8, 4) is 5.75 Å². The summed E-state index contributed by atoms with van der Waals surface area (Å²) in [5, 5.41) is 19.8. The standard InChI is InChI=1S/C26H34F3NO4/c1-20(17-21-9-11-24(12-10-21)33-15-5-3-2-4-14-31)30-13-16-34-25(32,19-30)22-7-6-8-23(18-22)26(27,28)29/h6-12,18,20,31-32H,2-5,13-17,19H2,1H3. The number of β-amino-alcohol motifs (C(OH)–C–C–N with tert-alkyl or cyclic N) is 1. The molecule has 3 rings (SSSR count). The summed E-state index contributed by atoms with van der Waals surface area (Å²) in [5.74, 6) is -0.980. The van der Waals surface area contributed by atoms with Crippen LogP contribution in [0.1, 0.15) is 49.3 Å². The summed E-state index contributed by atoms with van der Waals surface area (Å²) < 4.78 is 50.7. The van der Waals surface area contributed by atoms with Gasteiger partial charge in [-0.15, -0.1) is 0 Å². The normalized spacial score (nSPS) is 20.3. The minimum atomic E-state index is -4.48. The highest BCUT2D eigenvalue weighted by molar-refractivity contribution is 5.30. The lowest BCUT2D eigenvalue weighted by Gasteiger charge is -2.42. The molecule has 0 bridgehead atoms. The van der Waals surface area contributed by atoms with Crippen molar-refractivity contribution < 1.29 is 32.9 Å². The lowest BCUT2D eigenvalue weighted by Crippen LogP contribution is -2.53. The number of hydrogen-bond donors (Lipinski definition) is 2. The first-order valence-corrected chi connectivity index (χ1v) is 11.8. The van der Waals surface area contributed by atoms with E-state index in [-0.39, 0.29) is 31.4 Å². The lowest BCUT2D eigenvalue weighted by molar-refractivity contribution is -0.252. The molecule has 0 spiro atoms. The van der Waals surface area contributed by atoms with Gasteiger partial charge in [0.2, 0.25) is 5.79 Å². The third kappa shape index (κ3) is 7.43. The van der Waals surface area contributed by atoms with Crippen molar-refractivity contribution in [3.05, 3.63) is 65.2 Å². The molecule has 0 aliphatic carbocycles. The molecular formula is C26H34F3NO4. The Morgan fingerprint density at radius 3 is 2.53 bits per heavy atom. The van der Waals surface area contributed by atoms with Gasteiger partial charge in [-0.1, -0.05) is 30.7 Å². The van der Waals surface area contributed by atoms with Gasteiger partial charge in [0.15, 0.2) is 0 Å². The largest absolute Gasteiger partial charge is 0.494 e. The van der Waals surface area contributed by atoms with Crippen molar-refractivity contribution in [1.29, 1.82) is 0 Å². The van der Waals surface area contributed by atoms with Crippen LogP contribution in [0.25, 0.3) is 0 Å². The molecule has 0 aromatic heterocycles. The zero-order valence-corrected chi connectivity index (χ0v) is 19.6. The van der Waals surface area contributed by atoms with Crippen LogP contribution >= 0.6 is 0 Å². The summed E-state index contributed by atoms with van der Waals surface area (Å²) in [4.78, 5) is 2.04. The Balaban J connectivity index is 1.54. The molecule has 188 valence electrons. The van der Waals surface area contributed by atoms with Gasteiger partial charge in [0.05, 0.1) is 25.3 Å². The van der Waals surface area contributed by atoms with Crippen molar-refractivity contribution in [1.82, 2.24) is 4.90 Å². The highest BCUT2D eigenvalue weighted by Gasteiger charge is 2.39. The van der Waals surface area contributed by atoms with E-state index in [2.05, 4.69) is 0 Å². The van der Waals surface area contributed by atoms with E-state index < -0.39 is 17.5 Å². The Morgan fingerprint density at radius 2 is 1.82 bits per heavy atom. The average molecular weight is 482 g/mol. The number of hydrogen-bond acceptors (Lipinski definition) is 5. The van der Waals surface area contributed by atoms with Crippen molar-refractivity contribution in [2.24, 2.45) is 0 Å². The number of alkyl halides is 3. The highest BCUT2D eigenvalue weighted by Crippen LogP contribution is 2.34. The zero-order valence-electron chi connectivity index (χ0n) is 19.6. The Morgan fingerprint density at radius 1 is 1.09 bits per heavy atom. The minimum absolute atomic E-state index is 0.0551.